The van der Waals surface area contributed by atoms with Crippen LogP contribution in [0, 0.1) is 5.82 Å². The number of methoxy groups -OCH3 is 2. The summed E-state index contributed by atoms with van der Waals surface area (Å²) >= 11 is 11.4. The molecule has 8 N–H and O–H groups in total. The first-order valence-electron chi connectivity index (χ1n) is 13.2. The third-order valence-electron chi connectivity index (χ3n) is 5.66. The molecule has 0 saturated heterocycles. The van der Waals surface area contributed by atoms with Gasteiger partial charge in [0.2, 0.25) is 0 Å². The van der Waals surface area contributed by atoms with E-state index in [0.717, 1.165) is 33.8 Å². The van der Waals surface area contributed by atoms with E-state index in [1.54, 1.807) is 50.6 Å². The molecule has 0 unspecified atom stereocenters. The van der Waals surface area contributed by atoms with E-state index in [1.807, 2.05) is 24.3 Å². The highest BCUT2D eigenvalue weighted by Gasteiger charge is 2.27. The van der Waals surface area contributed by atoms with E-state index < -0.39 is 12.6 Å². The summed E-state index contributed by atoms with van der Waals surface area (Å²) in [4.78, 5) is 0. The summed E-state index contributed by atoms with van der Waals surface area (Å²) in [6, 6.07) is 23.5. The third-order valence-corrected chi connectivity index (χ3v) is 6.40. The summed E-state index contributed by atoms with van der Waals surface area (Å²) in [5.74, 6) is 1.23. The van der Waals surface area contributed by atoms with Gasteiger partial charge in [0.15, 0.2) is 11.5 Å². The Bertz CT molecular complexity index is 1410. The maximum atomic E-state index is 12.3. The quantitative estimate of drug-likeness (QED) is 0.157. The van der Waals surface area contributed by atoms with E-state index in [9.17, 15) is 17.6 Å². The van der Waals surface area contributed by atoms with Crippen LogP contribution in [-0.4, -0.2) is 20.4 Å². The zero-order chi connectivity index (χ0) is 33.1. The standard InChI is InChI=1S/C9H10F3N.C9H13NO2.C7H7Cl2N.C7H8FN/c10-9(11,12)5-7-2-1-3-8(4-7)6-13;1-11-8-4-3-7(6-10)5-9(8)12-2;8-6-2-1-5(4-10)3-7(6)9;8-7-3-1-2-6(4-7)5-9/h1-4H,5-6,13H2;3-5H,6,10H2,1-2H3;1-3H,4,10H2;1-4H,5,9H2. The van der Waals surface area contributed by atoms with Crippen molar-refractivity contribution in [3.63, 3.8) is 0 Å². The summed E-state index contributed by atoms with van der Waals surface area (Å²) in [6.45, 7) is 1.68. The molecule has 0 spiro atoms. The van der Waals surface area contributed by atoms with E-state index >= 15 is 0 Å². The first-order valence-corrected chi connectivity index (χ1v) is 14.0. The van der Waals surface area contributed by atoms with Crippen molar-refractivity contribution in [2.75, 3.05) is 14.2 Å². The van der Waals surface area contributed by atoms with Crippen molar-refractivity contribution < 1.29 is 27.0 Å². The van der Waals surface area contributed by atoms with Crippen LogP contribution >= 0.6 is 23.2 Å². The van der Waals surface area contributed by atoms with Gasteiger partial charge in [-0.25, -0.2) is 4.39 Å². The summed E-state index contributed by atoms with van der Waals surface area (Å²) in [5.41, 5.74) is 25.2. The minimum Gasteiger partial charge on any atom is -0.493 e. The fraction of sp³-hybridized carbons (Fsp3) is 0.250. The second-order valence-electron chi connectivity index (χ2n) is 9.00. The van der Waals surface area contributed by atoms with E-state index in [-0.39, 0.29) is 17.9 Å². The normalized spacial score (nSPS) is 10.3. The van der Waals surface area contributed by atoms with Crippen LogP contribution in [0.25, 0.3) is 0 Å². The summed E-state index contributed by atoms with van der Waals surface area (Å²) in [5, 5.41) is 1.13. The molecule has 0 heterocycles. The molecule has 240 valence electrons. The molecule has 0 radical (unpaired) electrons. The van der Waals surface area contributed by atoms with Gasteiger partial charge in [-0.2, -0.15) is 13.2 Å². The SMILES string of the molecule is COc1ccc(CN)cc1OC.NCc1ccc(Cl)c(Cl)c1.NCc1cccc(CC(F)(F)F)c1.NCc1cccc(F)c1. The van der Waals surface area contributed by atoms with Gasteiger partial charge in [-0.3, -0.25) is 0 Å². The van der Waals surface area contributed by atoms with Gasteiger partial charge in [-0.05, 0) is 64.2 Å². The minimum atomic E-state index is -4.15. The summed E-state index contributed by atoms with van der Waals surface area (Å²) in [6.07, 6.45) is -5.03. The van der Waals surface area contributed by atoms with Crippen molar-refractivity contribution in [3.8, 4) is 11.5 Å². The second kappa shape index (κ2) is 20.6. The Morgan fingerprint density at radius 2 is 1.05 bits per heavy atom. The lowest BCUT2D eigenvalue weighted by atomic mass is 10.1. The fourth-order valence-electron chi connectivity index (χ4n) is 3.44. The summed E-state index contributed by atoms with van der Waals surface area (Å²) in [7, 11) is 3.22. The number of nitrogens with two attached hydrogens (primary N) is 4. The number of halogens is 6. The predicted molar refractivity (Wildman–Crippen MR) is 170 cm³/mol. The Morgan fingerprint density at radius 3 is 1.52 bits per heavy atom. The number of hydrogen-bond acceptors (Lipinski definition) is 6. The molecule has 0 aliphatic carbocycles. The monoisotopic (exact) mass is 656 g/mol. The van der Waals surface area contributed by atoms with Gasteiger partial charge >= 0.3 is 6.18 Å². The lowest BCUT2D eigenvalue weighted by Gasteiger charge is -2.07. The van der Waals surface area contributed by atoms with Gasteiger partial charge in [0.25, 0.3) is 0 Å². The van der Waals surface area contributed by atoms with E-state index in [0.29, 0.717) is 29.7 Å². The van der Waals surface area contributed by atoms with E-state index in [2.05, 4.69) is 0 Å². The topological polar surface area (TPSA) is 123 Å². The Labute approximate surface area is 265 Å². The average Bonchev–Trinajstić information content (AvgIpc) is 3.02. The number of alkyl halides is 3. The third kappa shape index (κ3) is 15.4. The molecule has 0 aliphatic heterocycles. The van der Waals surface area contributed by atoms with Gasteiger partial charge in [0.05, 0.1) is 30.7 Å². The maximum absolute atomic E-state index is 12.3. The smallest absolute Gasteiger partial charge is 0.393 e. The Balaban J connectivity index is 0.000000296. The van der Waals surface area contributed by atoms with Crippen molar-refractivity contribution in [2.45, 2.75) is 38.8 Å². The van der Waals surface area contributed by atoms with Crippen molar-refractivity contribution in [2.24, 2.45) is 22.9 Å². The van der Waals surface area contributed by atoms with Crippen LogP contribution < -0.4 is 32.4 Å². The van der Waals surface area contributed by atoms with Crippen LogP contribution in [0.1, 0.15) is 27.8 Å². The van der Waals surface area contributed by atoms with Gasteiger partial charge in [-0.1, -0.05) is 71.7 Å². The first-order chi connectivity index (χ1) is 20.9. The first kappa shape index (κ1) is 38.6. The van der Waals surface area contributed by atoms with Crippen LogP contribution in [0.5, 0.6) is 11.5 Å². The van der Waals surface area contributed by atoms with Gasteiger partial charge in [-0.15, -0.1) is 0 Å². The number of ether oxygens (including phenoxy) is 2. The maximum Gasteiger partial charge on any atom is 0.393 e. The van der Waals surface area contributed by atoms with Crippen LogP contribution in [0.15, 0.2) is 84.9 Å². The number of benzene rings is 4. The molecule has 0 saturated carbocycles. The Hall–Kier alpha value is -3.38. The minimum absolute atomic E-state index is 0.224. The van der Waals surface area contributed by atoms with E-state index in [4.69, 9.17) is 55.6 Å². The molecule has 6 nitrogen and oxygen atoms in total. The van der Waals surface area contributed by atoms with E-state index in [1.165, 1.54) is 24.3 Å². The van der Waals surface area contributed by atoms with Crippen LogP contribution in [-0.2, 0) is 32.6 Å². The molecule has 4 aromatic carbocycles. The van der Waals surface area contributed by atoms with Crippen LogP contribution in [0.2, 0.25) is 10.0 Å². The average molecular weight is 658 g/mol. The largest absolute Gasteiger partial charge is 0.493 e. The lowest BCUT2D eigenvalue weighted by Crippen LogP contribution is -2.11. The zero-order valence-corrected chi connectivity index (χ0v) is 26.0. The lowest BCUT2D eigenvalue weighted by molar-refractivity contribution is -0.127. The molecule has 0 aromatic heterocycles. The second-order valence-corrected chi connectivity index (χ2v) is 9.81. The molecule has 4 aromatic rings. The predicted octanol–water partition coefficient (Wildman–Crippen LogP) is 7.15. The molecule has 12 heteroatoms. The van der Waals surface area contributed by atoms with Crippen LogP contribution in [0.3, 0.4) is 0 Å². The molecule has 0 atom stereocenters. The molecular weight excluding hydrogens is 619 g/mol. The van der Waals surface area contributed by atoms with Crippen LogP contribution in [0.4, 0.5) is 17.6 Å². The Morgan fingerprint density at radius 1 is 0.568 bits per heavy atom. The molecule has 0 fully saturated rings. The molecule has 0 amide bonds. The fourth-order valence-corrected chi connectivity index (χ4v) is 3.76. The Kier molecular flexibility index (Phi) is 18.1. The van der Waals surface area contributed by atoms with Crippen molar-refractivity contribution in [3.05, 3.63) is 129 Å². The highest BCUT2D eigenvalue weighted by atomic mass is 35.5. The number of hydrogen-bond donors (Lipinski definition) is 4. The van der Waals surface area contributed by atoms with Crippen molar-refractivity contribution in [1.29, 1.82) is 0 Å². The van der Waals surface area contributed by atoms with Crippen molar-refractivity contribution in [1.82, 2.24) is 0 Å². The molecule has 0 aliphatic rings. The highest BCUT2D eigenvalue weighted by molar-refractivity contribution is 6.42. The van der Waals surface area contributed by atoms with Gasteiger partial charge < -0.3 is 32.4 Å². The molecule has 44 heavy (non-hydrogen) atoms. The highest BCUT2D eigenvalue weighted by Crippen LogP contribution is 2.27. The van der Waals surface area contributed by atoms with Gasteiger partial charge in [0, 0.05) is 26.2 Å². The number of rotatable bonds is 7. The summed E-state index contributed by atoms with van der Waals surface area (Å²) < 4.78 is 58.3. The molecule has 0 bridgehead atoms. The van der Waals surface area contributed by atoms with Crippen molar-refractivity contribution >= 4 is 23.2 Å². The molecule has 4 rings (SSSR count). The zero-order valence-electron chi connectivity index (χ0n) is 24.5. The molecular formula is C32H38Cl2F4N4O2. The van der Waals surface area contributed by atoms with Gasteiger partial charge in [0.1, 0.15) is 5.82 Å².